The van der Waals surface area contributed by atoms with Gasteiger partial charge in [0.25, 0.3) is 0 Å². The summed E-state index contributed by atoms with van der Waals surface area (Å²) in [5.41, 5.74) is -1.33. The van der Waals surface area contributed by atoms with E-state index in [0.717, 1.165) is 12.8 Å². The lowest BCUT2D eigenvalue weighted by molar-refractivity contribution is -0.154. The van der Waals surface area contributed by atoms with Crippen molar-refractivity contribution in [3.63, 3.8) is 0 Å². The monoisotopic (exact) mass is 516 g/mol. The molecule has 8 heteroatoms. The van der Waals surface area contributed by atoms with Crippen LogP contribution in [-0.4, -0.2) is 66.3 Å². The van der Waals surface area contributed by atoms with Gasteiger partial charge in [-0.05, 0) is 85.6 Å². The highest BCUT2D eigenvalue weighted by atomic mass is 16.6. The Bertz CT molecular complexity index is 662. The molecule has 8 nitrogen and oxygen atoms in total. The number of carbonyl (C=O) groups excluding carboxylic acids is 2. The van der Waals surface area contributed by atoms with Crippen LogP contribution < -0.4 is 10.6 Å². The number of esters is 1. The number of amides is 1. The fourth-order valence-corrected chi connectivity index (χ4v) is 3.55. The summed E-state index contributed by atoms with van der Waals surface area (Å²) in [6, 6.07) is 0. The molecule has 0 rings (SSSR count). The highest BCUT2D eigenvalue weighted by Crippen LogP contribution is 2.29. The van der Waals surface area contributed by atoms with Crippen molar-refractivity contribution >= 4 is 12.1 Å². The molecule has 0 radical (unpaired) electrons. The Kier molecular flexibility index (Phi) is 14.0. The summed E-state index contributed by atoms with van der Waals surface area (Å²) in [6.45, 7) is 25.3. The van der Waals surface area contributed by atoms with E-state index in [0.29, 0.717) is 26.1 Å². The van der Waals surface area contributed by atoms with E-state index >= 15 is 0 Å². The number of aliphatic hydroxyl groups is 1. The van der Waals surface area contributed by atoms with E-state index in [1.807, 2.05) is 62.3 Å². The molecule has 3 N–H and O–H groups in total. The molecule has 0 aromatic heterocycles. The van der Waals surface area contributed by atoms with Gasteiger partial charge in [0.1, 0.15) is 18.3 Å². The molecular weight excluding hydrogens is 460 g/mol. The number of carbonyl (C=O) groups is 2. The van der Waals surface area contributed by atoms with Gasteiger partial charge in [0.15, 0.2) is 0 Å². The molecule has 0 aliphatic rings. The minimum atomic E-state index is -0.764. The number of ether oxygens (including phenoxy) is 3. The molecular formula is C28H56N2O6. The first kappa shape index (κ1) is 34.6. The molecule has 214 valence electrons. The number of hydrogen-bond acceptors (Lipinski definition) is 7. The van der Waals surface area contributed by atoms with E-state index in [2.05, 4.69) is 31.4 Å². The van der Waals surface area contributed by atoms with Crippen molar-refractivity contribution in [3.05, 3.63) is 0 Å². The van der Waals surface area contributed by atoms with Gasteiger partial charge in [0.05, 0.1) is 11.5 Å². The average Bonchev–Trinajstić information content (AvgIpc) is 2.64. The van der Waals surface area contributed by atoms with Crippen LogP contribution in [0.5, 0.6) is 0 Å². The SMILES string of the molecule is CC(C)C(CC(C)(C)C)C(=O)OCC(O)CNCCC(C)(C)OCCC(C)(C)NC(=O)OC(C)(C)C. The topological polar surface area (TPSA) is 106 Å². The molecule has 0 aromatic carbocycles. The van der Waals surface area contributed by atoms with Gasteiger partial charge in [-0.25, -0.2) is 4.79 Å². The van der Waals surface area contributed by atoms with Crippen molar-refractivity contribution in [3.8, 4) is 0 Å². The molecule has 2 atom stereocenters. The van der Waals surface area contributed by atoms with Crippen LogP contribution in [0.15, 0.2) is 0 Å². The number of rotatable bonds is 15. The second-order valence-corrected chi connectivity index (χ2v) is 13.7. The van der Waals surface area contributed by atoms with E-state index in [9.17, 15) is 14.7 Å². The van der Waals surface area contributed by atoms with Crippen LogP contribution >= 0.6 is 0 Å². The van der Waals surface area contributed by atoms with Gasteiger partial charge in [0, 0.05) is 18.7 Å². The number of alkyl carbamates (subject to hydrolysis) is 1. The lowest BCUT2D eigenvalue weighted by Crippen LogP contribution is -2.46. The highest BCUT2D eigenvalue weighted by Gasteiger charge is 2.29. The van der Waals surface area contributed by atoms with Gasteiger partial charge >= 0.3 is 12.1 Å². The number of nitrogens with one attached hydrogen (secondary N) is 2. The van der Waals surface area contributed by atoms with Crippen LogP contribution in [0, 0.1) is 17.3 Å². The van der Waals surface area contributed by atoms with Crippen molar-refractivity contribution in [2.24, 2.45) is 17.3 Å². The van der Waals surface area contributed by atoms with Gasteiger partial charge in [-0.2, -0.15) is 0 Å². The van der Waals surface area contributed by atoms with E-state index < -0.39 is 23.3 Å². The van der Waals surface area contributed by atoms with Gasteiger partial charge in [-0.15, -0.1) is 0 Å². The summed E-state index contributed by atoms with van der Waals surface area (Å²) in [5.74, 6) is -0.224. The molecule has 0 aliphatic carbocycles. The Morgan fingerprint density at radius 1 is 0.917 bits per heavy atom. The van der Waals surface area contributed by atoms with Gasteiger partial charge in [-0.3, -0.25) is 4.79 Å². The summed E-state index contributed by atoms with van der Waals surface area (Å²) in [7, 11) is 0. The third-order valence-corrected chi connectivity index (χ3v) is 5.70. The first-order valence-electron chi connectivity index (χ1n) is 13.3. The van der Waals surface area contributed by atoms with E-state index in [-0.39, 0.29) is 35.4 Å². The van der Waals surface area contributed by atoms with Crippen LogP contribution in [0.3, 0.4) is 0 Å². The van der Waals surface area contributed by atoms with Crippen molar-refractivity contribution in [2.75, 3.05) is 26.3 Å². The molecule has 0 heterocycles. The number of hydrogen-bond donors (Lipinski definition) is 3. The van der Waals surface area contributed by atoms with Crippen LogP contribution in [0.1, 0.15) is 102 Å². The third kappa shape index (κ3) is 18.0. The number of aliphatic hydroxyl groups excluding tert-OH is 1. The Balaban J connectivity index is 4.29. The second-order valence-electron chi connectivity index (χ2n) is 13.7. The van der Waals surface area contributed by atoms with Crippen LogP contribution in [0.2, 0.25) is 0 Å². The van der Waals surface area contributed by atoms with Crippen molar-refractivity contribution in [1.29, 1.82) is 0 Å². The predicted molar refractivity (Wildman–Crippen MR) is 145 cm³/mol. The summed E-state index contributed by atoms with van der Waals surface area (Å²) < 4.78 is 16.8. The Morgan fingerprint density at radius 3 is 2.00 bits per heavy atom. The maximum atomic E-state index is 12.5. The molecule has 0 bridgehead atoms. The van der Waals surface area contributed by atoms with Crippen molar-refractivity contribution in [2.45, 2.75) is 125 Å². The van der Waals surface area contributed by atoms with E-state index in [4.69, 9.17) is 14.2 Å². The zero-order valence-corrected chi connectivity index (χ0v) is 25.2. The first-order valence-corrected chi connectivity index (χ1v) is 13.3. The van der Waals surface area contributed by atoms with E-state index in [1.54, 1.807) is 0 Å². The smallest absolute Gasteiger partial charge is 0.408 e. The molecule has 0 aromatic rings. The first-order chi connectivity index (χ1) is 16.1. The Labute approximate surface area is 220 Å². The van der Waals surface area contributed by atoms with Gasteiger partial charge < -0.3 is 30.0 Å². The van der Waals surface area contributed by atoms with E-state index in [1.165, 1.54) is 0 Å². The normalized spacial score (nSPS) is 14.9. The average molecular weight is 517 g/mol. The summed E-state index contributed by atoms with van der Waals surface area (Å²) in [4.78, 5) is 24.6. The molecule has 36 heavy (non-hydrogen) atoms. The molecule has 1 amide bonds. The minimum absolute atomic E-state index is 0.0151. The summed E-state index contributed by atoms with van der Waals surface area (Å²) in [5, 5.41) is 16.3. The maximum absolute atomic E-state index is 12.5. The van der Waals surface area contributed by atoms with Gasteiger partial charge in [-0.1, -0.05) is 34.6 Å². The zero-order valence-electron chi connectivity index (χ0n) is 25.2. The maximum Gasteiger partial charge on any atom is 0.408 e. The lowest BCUT2D eigenvalue weighted by Gasteiger charge is -2.31. The lowest BCUT2D eigenvalue weighted by atomic mass is 9.80. The van der Waals surface area contributed by atoms with Crippen molar-refractivity contribution < 1.29 is 28.9 Å². The van der Waals surface area contributed by atoms with Crippen molar-refractivity contribution in [1.82, 2.24) is 10.6 Å². The summed E-state index contributed by atoms with van der Waals surface area (Å²) >= 11 is 0. The Morgan fingerprint density at radius 2 is 1.50 bits per heavy atom. The largest absolute Gasteiger partial charge is 0.463 e. The molecule has 0 spiro atoms. The van der Waals surface area contributed by atoms with Crippen LogP contribution in [-0.2, 0) is 19.0 Å². The molecule has 0 saturated heterocycles. The van der Waals surface area contributed by atoms with Crippen LogP contribution in [0.4, 0.5) is 4.79 Å². The Hall–Kier alpha value is -1.38. The quantitative estimate of drug-likeness (QED) is 0.206. The van der Waals surface area contributed by atoms with Crippen LogP contribution in [0.25, 0.3) is 0 Å². The second kappa shape index (κ2) is 14.5. The molecule has 2 unspecified atom stereocenters. The highest BCUT2D eigenvalue weighted by molar-refractivity contribution is 5.72. The third-order valence-electron chi connectivity index (χ3n) is 5.70. The zero-order chi connectivity index (χ0) is 28.4. The minimum Gasteiger partial charge on any atom is -0.463 e. The predicted octanol–water partition coefficient (Wildman–Crippen LogP) is 5.07. The molecule has 0 fully saturated rings. The molecule has 0 saturated carbocycles. The fourth-order valence-electron chi connectivity index (χ4n) is 3.55. The van der Waals surface area contributed by atoms with Gasteiger partial charge in [0.2, 0.25) is 0 Å². The standard InChI is InChI=1S/C28H56N2O6/c1-20(2)22(17-25(3,4)5)23(32)34-19-21(31)18-29-15-13-28(11,12)35-16-14-27(9,10)30-24(33)36-26(6,7)8/h20-22,29,31H,13-19H2,1-12H3,(H,30,33). The molecule has 0 aliphatic heterocycles. The fraction of sp³-hybridized carbons (Fsp3) is 0.929. The summed E-state index contributed by atoms with van der Waals surface area (Å²) in [6.07, 6.45) is 0.927.